The fourth-order valence-corrected chi connectivity index (χ4v) is 2.97. The molecule has 1 fully saturated rings. The maximum absolute atomic E-state index is 8.69. The average Bonchev–Trinajstić information content (AvgIpc) is 2.46. The summed E-state index contributed by atoms with van der Waals surface area (Å²) in [5.41, 5.74) is 1.23. The van der Waals surface area contributed by atoms with Gasteiger partial charge in [-0.05, 0) is 24.3 Å². The molecule has 2 rings (SSSR count). The third-order valence-electron chi connectivity index (χ3n) is 3.49. The first-order valence-corrected chi connectivity index (χ1v) is 7.75. The van der Waals surface area contributed by atoms with E-state index in [1.807, 2.05) is 0 Å². The van der Waals surface area contributed by atoms with Gasteiger partial charge in [0, 0.05) is 54.7 Å². The van der Waals surface area contributed by atoms with Crippen LogP contribution in [0.25, 0.3) is 0 Å². The third-order valence-corrected chi connectivity index (χ3v) is 4.37. The highest BCUT2D eigenvalue weighted by Crippen LogP contribution is 2.22. The molecule has 0 aliphatic carbocycles. The lowest BCUT2D eigenvalue weighted by Crippen LogP contribution is -2.54. The fraction of sp³-hybridized carbons (Fsp3) is 0.500. The summed E-state index contributed by atoms with van der Waals surface area (Å²) < 4.78 is 1.10. The molecule has 3 nitrogen and oxygen atoms in total. The van der Waals surface area contributed by atoms with Crippen LogP contribution in [-0.2, 0) is 0 Å². The van der Waals surface area contributed by atoms with Gasteiger partial charge in [0.2, 0.25) is 0 Å². The SMILES string of the molecule is N#CCCN1CCN(c2ccc(Br)cc2)C[C@@H]1CCl. The van der Waals surface area contributed by atoms with Crippen molar-refractivity contribution in [2.75, 3.05) is 37.0 Å². The van der Waals surface area contributed by atoms with Crippen LogP contribution in [0.4, 0.5) is 5.69 Å². The van der Waals surface area contributed by atoms with Gasteiger partial charge in [0.05, 0.1) is 6.07 Å². The second kappa shape index (κ2) is 7.14. The number of hydrogen-bond donors (Lipinski definition) is 0. The standard InChI is InChI=1S/C14H17BrClN3/c15-12-2-4-13(5-3-12)19-9-8-18(7-1-6-17)14(10-16)11-19/h2-5,14H,1,7-11H2/t14-/m0/s1. The number of rotatable bonds is 4. The van der Waals surface area contributed by atoms with Gasteiger partial charge in [-0.1, -0.05) is 15.9 Å². The van der Waals surface area contributed by atoms with Crippen LogP contribution >= 0.6 is 27.5 Å². The number of alkyl halides is 1. The Bertz CT molecular complexity index is 443. The van der Waals surface area contributed by atoms with Gasteiger partial charge in [-0.25, -0.2) is 0 Å². The zero-order valence-electron chi connectivity index (χ0n) is 10.7. The quantitative estimate of drug-likeness (QED) is 0.788. The van der Waals surface area contributed by atoms with Crippen LogP contribution in [-0.4, -0.2) is 43.0 Å². The molecule has 0 amide bonds. The molecule has 1 aromatic carbocycles. The molecule has 1 heterocycles. The molecule has 0 spiro atoms. The molecule has 19 heavy (non-hydrogen) atoms. The van der Waals surface area contributed by atoms with Crippen LogP contribution in [0.3, 0.4) is 0 Å². The van der Waals surface area contributed by atoms with Crippen molar-refractivity contribution in [2.45, 2.75) is 12.5 Å². The molecule has 102 valence electrons. The summed E-state index contributed by atoms with van der Waals surface area (Å²) in [4.78, 5) is 4.69. The molecule has 1 aliphatic rings. The van der Waals surface area contributed by atoms with E-state index in [2.05, 4.69) is 56.1 Å². The van der Waals surface area contributed by atoms with E-state index in [1.54, 1.807) is 0 Å². The zero-order valence-corrected chi connectivity index (χ0v) is 13.1. The molecule has 0 unspecified atom stereocenters. The van der Waals surface area contributed by atoms with Crippen LogP contribution in [0.1, 0.15) is 6.42 Å². The van der Waals surface area contributed by atoms with E-state index in [9.17, 15) is 0 Å². The van der Waals surface area contributed by atoms with Crippen molar-refractivity contribution in [1.29, 1.82) is 5.26 Å². The summed E-state index contributed by atoms with van der Waals surface area (Å²) in [6.45, 7) is 3.70. The normalized spacial score (nSPS) is 20.3. The average molecular weight is 343 g/mol. The topological polar surface area (TPSA) is 30.3 Å². The number of nitriles is 1. The lowest BCUT2D eigenvalue weighted by molar-refractivity contribution is 0.196. The van der Waals surface area contributed by atoms with Crippen LogP contribution in [0.5, 0.6) is 0 Å². The minimum absolute atomic E-state index is 0.326. The number of piperazine rings is 1. The molecule has 1 saturated heterocycles. The van der Waals surface area contributed by atoms with Crippen molar-refractivity contribution >= 4 is 33.2 Å². The van der Waals surface area contributed by atoms with Crippen molar-refractivity contribution in [3.05, 3.63) is 28.7 Å². The van der Waals surface area contributed by atoms with E-state index in [0.717, 1.165) is 30.7 Å². The van der Waals surface area contributed by atoms with Crippen molar-refractivity contribution in [3.63, 3.8) is 0 Å². The van der Waals surface area contributed by atoms with Crippen LogP contribution in [0, 0.1) is 11.3 Å². The van der Waals surface area contributed by atoms with E-state index < -0.39 is 0 Å². The van der Waals surface area contributed by atoms with E-state index in [1.165, 1.54) is 5.69 Å². The Balaban J connectivity index is 2.00. The number of anilines is 1. The van der Waals surface area contributed by atoms with Gasteiger partial charge < -0.3 is 4.90 Å². The summed E-state index contributed by atoms with van der Waals surface area (Å²) in [6.07, 6.45) is 0.575. The number of halogens is 2. The lowest BCUT2D eigenvalue weighted by Gasteiger charge is -2.41. The maximum atomic E-state index is 8.69. The lowest BCUT2D eigenvalue weighted by atomic mass is 10.1. The summed E-state index contributed by atoms with van der Waals surface area (Å²) >= 11 is 9.53. The van der Waals surface area contributed by atoms with Gasteiger partial charge in [0.1, 0.15) is 0 Å². The third kappa shape index (κ3) is 3.85. The van der Waals surface area contributed by atoms with Crippen LogP contribution in [0.2, 0.25) is 0 Å². The Labute approximate surface area is 127 Å². The predicted molar refractivity (Wildman–Crippen MR) is 82.7 cm³/mol. The Hall–Kier alpha value is -0.760. The molecule has 0 N–H and O–H groups in total. The summed E-state index contributed by atoms with van der Waals surface area (Å²) in [5, 5.41) is 8.69. The van der Waals surface area contributed by atoms with Gasteiger partial charge in [0.25, 0.3) is 0 Å². The molecule has 5 heteroatoms. The fourth-order valence-electron chi connectivity index (χ4n) is 2.41. The Morgan fingerprint density at radius 3 is 2.68 bits per heavy atom. The largest absolute Gasteiger partial charge is 0.369 e. The highest BCUT2D eigenvalue weighted by atomic mass is 79.9. The Kier molecular flexibility index (Phi) is 5.50. The van der Waals surface area contributed by atoms with Gasteiger partial charge in [0.15, 0.2) is 0 Å². The van der Waals surface area contributed by atoms with Crippen molar-refractivity contribution < 1.29 is 0 Å². The highest BCUT2D eigenvalue weighted by molar-refractivity contribution is 9.10. The molecule has 0 saturated carbocycles. The second-order valence-corrected chi connectivity index (χ2v) is 5.90. The van der Waals surface area contributed by atoms with Crippen molar-refractivity contribution in [3.8, 4) is 6.07 Å². The highest BCUT2D eigenvalue weighted by Gasteiger charge is 2.25. The summed E-state index contributed by atoms with van der Waals surface area (Å²) in [6, 6.07) is 10.9. The van der Waals surface area contributed by atoms with Gasteiger partial charge in [-0.2, -0.15) is 5.26 Å². The molecular formula is C14H17BrClN3. The van der Waals surface area contributed by atoms with Crippen molar-refractivity contribution in [2.24, 2.45) is 0 Å². The molecule has 0 radical (unpaired) electrons. The van der Waals surface area contributed by atoms with Crippen LogP contribution in [0.15, 0.2) is 28.7 Å². The monoisotopic (exact) mass is 341 g/mol. The van der Waals surface area contributed by atoms with E-state index in [0.29, 0.717) is 18.3 Å². The van der Waals surface area contributed by atoms with E-state index in [4.69, 9.17) is 16.9 Å². The zero-order chi connectivity index (χ0) is 13.7. The molecule has 1 aromatic rings. The number of hydrogen-bond acceptors (Lipinski definition) is 3. The Morgan fingerprint density at radius 2 is 2.05 bits per heavy atom. The molecule has 0 bridgehead atoms. The van der Waals surface area contributed by atoms with Crippen LogP contribution < -0.4 is 4.90 Å². The summed E-state index contributed by atoms with van der Waals surface area (Å²) in [5.74, 6) is 0.610. The maximum Gasteiger partial charge on any atom is 0.0635 e. The first-order valence-electron chi connectivity index (χ1n) is 6.42. The molecule has 1 atom stereocenters. The second-order valence-electron chi connectivity index (χ2n) is 4.67. The van der Waals surface area contributed by atoms with E-state index in [-0.39, 0.29) is 0 Å². The smallest absolute Gasteiger partial charge is 0.0635 e. The Morgan fingerprint density at radius 1 is 1.32 bits per heavy atom. The van der Waals surface area contributed by atoms with E-state index >= 15 is 0 Å². The molecule has 0 aromatic heterocycles. The predicted octanol–water partition coefficient (Wildman–Crippen LogP) is 3.09. The molecule has 1 aliphatic heterocycles. The summed E-state index contributed by atoms with van der Waals surface area (Å²) in [7, 11) is 0. The van der Waals surface area contributed by atoms with Gasteiger partial charge in [-0.15, -0.1) is 11.6 Å². The first-order chi connectivity index (χ1) is 9.24. The minimum atomic E-state index is 0.326. The van der Waals surface area contributed by atoms with Gasteiger partial charge >= 0.3 is 0 Å². The number of benzene rings is 1. The number of nitrogens with zero attached hydrogens (tertiary/aromatic N) is 3. The molecular weight excluding hydrogens is 326 g/mol. The van der Waals surface area contributed by atoms with Gasteiger partial charge in [-0.3, -0.25) is 4.90 Å². The first kappa shape index (κ1) is 14.6. The minimum Gasteiger partial charge on any atom is -0.369 e. The van der Waals surface area contributed by atoms with Crippen molar-refractivity contribution in [1.82, 2.24) is 4.90 Å².